The Bertz CT molecular complexity index is 718. The molecule has 4 atom stereocenters. The molecule has 0 spiro atoms. The second kappa shape index (κ2) is 15.9. The number of carbonyl (C=O) groups is 1. The number of nitrogens with zero attached hydrogens (tertiary/aromatic N) is 5. The Morgan fingerprint density at radius 2 is 1.29 bits per heavy atom. The summed E-state index contributed by atoms with van der Waals surface area (Å²) in [5.41, 5.74) is 1.81. The predicted molar refractivity (Wildman–Crippen MR) is 137 cm³/mol. The summed E-state index contributed by atoms with van der Waals surface area (Å²) in [6.07, 6.45) is 9.28. The molecule has 2 bridgehead atoms. The molecular weight excluding hydrogens is 536 g/mol. The van der Waals surface area contributed by atoms with E-state index in [0.29, 0.717) is 25.2 Å². The molecule has 0 radical (unpaired) electrons. The zero-order valence-corrected chi connectivity index (χ0v) is 22.8. The molecule has 34 heavy (non-hydrogen) atoms. The summed E-state index contributed by atoms with van der Waals surface area (Å²) in [5.74, 6) is -0.763. The van der Waals surface area contributed by atoms with Crippen LogP contribution in [0, 0.1) is 0 Å². The van der Waals surface area contributed by atoms with E-state index in [1.165, 1.54) is 37.4 Å². The van der Waals surface area contributed by atoms with Crippen LogP contribution in [-0.4, -0.2) is 59.1 Å². The number of thioether (sulfide) groups is 1. The van der Waals surface area contributed by atoms with Gasteiger partial charge >= 0.3 is 39.3 Å². The molecule has 4 rings (SSSR count). The molecule has 7 nitrogen and oxygen atoms in total. The number of carboxylic acid groups (broad SMARTS) is 1. The molecule has 2 fully saturated rings. The first-order valence-electron chi connectivity index (χ1n) is 12.0. The fourth-order valence-electron chi connectivity index (χ4n) is 4.91. The molecule has 2 saturated carbocycles. The maximum absolute atomic E-state index is 11.1. The zero-order valence-electron chi connectivity index (χ0n) is 19.3. The van der Waals surface area contributed by atoms with Gasteiger partial charge in [0, 0.05) is 16.3 Å². The molecule has 1 N–H and O–H groups in total. The molecule has 1 aromatic heterocycles. The molecule has 3 aliphatic rings. The van der Waals surface area contributed by atoms with Crippen LogP contribution in [0.4, 0.5) is 0 Å². The first-order valence-corrected chi connectivity index (χ1v) is 16.2. The van der Waals surface area contributed by atoms with Crippen LogP contribution >= 0.6 is 32.0 Å². The molecule has 1 aromatic rings. The number of aromatic nitrogens is 1. The van der Waals surface area contributed by atoms with Gasteiger partial charge in [-0.1, -0.05) is 51.4 Å². The number of halogens is 2. The van der Waals surface area contributed by atoms with Crippen LogP contribution in [0.2, 0.25) is 0 Å². The van der Waals surface area contributed by atoms with Crippen LogP contribution < -0.4 is 0 Å². The Morgan fingerprint density at radius 1 is 0.882 bits per heavy atom. The summed E-state index contributed by atoms with van der Waals surface area (Å²) in [4.78, 5) is 16.8. The third kappa shape index (κ3) is 9.75. The molecule has 0 saturated heterocycles. The van der Waals surface area contributed by atoms with E-state index in [4.69, 9.17) is 51.6 Å². The third-order valence-corrected chi connectivity index (χ3v) is 7.42. The number of fused-ring (bicyclic) bond motifs is 4. The van der Waals surface area contributed by atoms with Gasteiger partial charge < -0.3 is 26.4 Å². The second-order valence-electron chi connectivity index (χ2n) is 8.85. The van der Waals surface area contributed by atoms with Crippen molar-refractivity contribution in [3.8, 4) is 0 Å². The minimum atomic E-state index is -0.809. The van der Waals surface area contributed by atoms with Gasteiger partial charge in [-0.2, -0.15) is 37.3 Å². The van der Waals surface area contributed by atoms with Crippen LogP contribution in [0.1, 0.15) is 62.8 Å². The average molecular weight is 569 g/mol. The molecule has 193 valence electrons. The molecule has 0 aromatic carbocycles. The Hall–Kier alpha value is -0.0905. The Morgan fingerprint density at radius 3 is 1.71 bits per heavy atom. The number of hydrogen-bond acceptors (Lipinski definition) is 3. The predicted octanol–water partition coefficient (Wildman–Crippen LogP) is 6.77. The van der Waals surface area contributed by atoms with E-state index in [2.05, 4.69) is 0 Å². The molecule has 2 heterocycles. The van der Waals surface area contributed by atoms with E-state index < -0.39 is 5.97 Å². The van der Waals surface area contributed by atoms with Crippen molar-refractivity contribution < 1.29 is 23.0 Å². The van der Waals surface area contributed by atoms with Crippen molar-refractivity contribution in [2.75, 3.05) is 18.8 Å². The van der Waals surface area contributed by atoms with Crippen molar-refractivity contribution in [3.63, 3.8) is 0 Å². The number of hydrogen-bond donors (Lipinski definition) is 1. The summed E-state index contributed by atoms with van der Waals surface area (Å²) in [5, 5.41) is 29.0. The van der Waals surface area contributed by atoms with Gasteiger partial charge in [0.1, 0.15) is 0 Å². The fraction of sp³-hybridized carbons (Fsp3) is 0.739. The standard InChI is InChI=1S/C23H33N5O2S.2ClH.Mn/c29-23(30)15-31-18-11-16-13-26-21-7-3-1-5-19(21)24-9-10-25-20-6-2-4-8-22(20)27-14-17(12-18)28-16;;;/h11-12,19-22H,1-10,13-15H2,(H,29,30);2*1H;/q-4;;;+2/p-2/t19-,20?,21-,22-;;;/m1.../s1. The normalized spacial score (nSPS) is 28.2. The maximum atomic E-state index is 11.1. The van der Waals surface area contributed by atoms with E-state index in [0.717, 1.165) is 55.1 Å². The first kappa shape index (κ1) is 28.5. The second-order valence-corrected chi connectivity index (χ2v) is 11.9. The van der Waals surface area contributed by atoms with E-state index in [1.807, 2.05) is 12.1 Å². The van der Waals surface area contributed by atoms with Gasteiger partial charge in [0.05, 0.1) is 5.75 Å². The van der Waals surface area contributed by atoms with Crippen LogP contribution in [0.5, 0.6) is 0 Å². The number of rotatable bonds is 3. The van der Waals surface area contributed by atoms with Crippen LogP contribution in [0.25, 0.3) is 21.3 Å². The van der Waals surface area contributed by atoms with Gasteiger partial charge in [-0.05, 0) is 12.1 Å². The van der Waals surface area contributed by atoms with Crippen LogP contribution in [0.3, 0.4) is 0 Å². The van der Waals surface area contributed by atoms with Gasteiger partial charge in [0.25, 0.3) is 0 Å². The topological polar surface area (TPSA) is 107 Å². The van der Waals surface area contributed by atoms with Crippen molar-refractivity contribution in [1.82, 2.24) is 4.98 Å². The summed E-state index contributed by atoms with van der Waals surface area (Å²) in [6.45, 7) is 2.70. The molecular formula is C23H33Cl2MnN5O2S-4. The van der Waals surface area contributed by atoms with E-state index in [-0.39, 0.29) is 31.0 Å². The molecule has 11 heteroatoms. The van der Waals surface area contributed by atoms with Crippen LogP contribution in [-0.2, 0) is 31.0 Å². The van der Waals surface area contributed by atoms with Crippen LogP contribution in [0.15, 0.2) is 17.0 Å². The van der Waals surface area contributed by atoms with E-state index in [9.17, 15) is 4.79 Å². The number of pyridine rings is 1. The van der Waals surface area contributed by atoms with Crippen molar-refractivity contribution in [3.05, 3.63) is 44.8 Å². The van der Waals surface area contributed by atoms with E-state index in [1.54, 1.807) is 0 Å². The summed E-state index contributed by atoms with van der Waals surface area (Å²) < 4.78 is 0. The number of carboxylic acids is 1. The van der Waals surface area contributed by atoms with Gasteiger partial charge in [-0.15, -0.1) is 24.9 Å². The summed E-state index contributed by atoms with van der Waals surface area (Å²) in [6, 6.07) is 5.09. The SMILES string of the molecule is O=C(O)CSc1cc2nc(c1)C[N-][C@@H]1CCCC[C@H]1[N-]CC[N-]C1CCCC[C@H]1[N-]C2.[Cl][Mn][Cl]. The molecule has 0 amide bonds. The molecule has 1 aliphatic heterocycles. The summed E-state index contributed by atoms with van der Waals surface area (Å²) >= 11 is 1.35. The fourth-order valence-corrected chi connectivity index (χ4v) is 5.64. The van der Waals surface area contributed by atoms with Gasteiger partial charge in [0.2, 0.25) is 0 Å². The quantitative estimate of drug-likeness (QED) is 0.320. The van der Waals surface area contributed by atoms with Gasteiger partial charge in [-0.25, -0.2) is 0 Å². The van der Waals surface area contributed by atoms with Crippen molar-refractivity contribution in [2.24, 2.45) is 0 Å². The molecule has 1 unspecified atom stereocenters. The van der Waals surface area contributed by atoms with Gasteiger partial charge in [0.15, 0.2) is 0 Å². The summed E-state index contributed by atoms with van der Waals surface area (Å²) in [7, 11) is 9.59. The first-order chi connectivity index (χ1) is 16.6. The average Bonchev–Trinajstić information content (AvgIpc) is 2.84. The Balaban J connectivity index is 0.00000103. The number of aliphatic carboxylic acids is 1. The Kier molecular flexibility index (Phi) is 13.3. The molecule has 2 aliphatic carbocycles. The van der Waals surface area contributed by atoms with E-state index >= 15 is 0 Å². The monoisotopic (exact) mass is 568 g/mol. The van der Waals surface area contributed by atoms with Gasteiger partial charge in [-0.3, -0.25) is 9.78 Å². The third-order valence-electron chi connectivity index (χ3n) is 6.46. The Labute approximate surface area is 222 Å². The zero-order chi connectivity index (χ0) is 24.2. The van der Waals surface area contributed by atoms with Crippen molar-refractivity contribution >= 4 is 37.9 Å². The minimum absolute atomic E-state index is 0.00694. The van der Waals surface area contributed by atoms with Crippen molar-refractivity contribution in [1.29, 1.82) is 0 Å². The van der Waals surface area contributed by atoms with Crippen molar-refractivity contribution in [2.45, 2.75) is 93.5 Å².